The molecule has 1 heterocycles. The van der Waals surface area contributed by atoms with Gasteiger partial charge in [0.25, 0.3) is 5.91 Å². The van der Waals surface area contributed by atoms with Crippen LogP contribution in [0.15, 0.2) is 42.5 Å². The smallest absolute Gasteiger partial charge is 0.418 e. The third kappa shape index (κ3) is 6.33. The number of methoxy groups -OCH3 is 2. The number of hydrogen-bond acceptors (Lipinski definition) is 5. The highest BCUT2D eigenvalue weighted by Crippen LogP contribution is 2.35. The summed E-state index contributed by atoms with van der Waals surface area (Å²) in [7, 11) is 3.03. The van der Waals surface area contributed by atoms with E-state index in [2.05, 4.69) is 5.32 Å². The molecule has 0 aliphatic carbocycles. The molecule has 0 bridgehead atoms. The maximum absolute atomic E-state index is 13.2. The Balaban J connectivity index is 1.62. The van der Waals surface area contributed by atoms with Crippen molar-refractivity contribution in [1.82, 2.24) is 9.80 Å². The highest BCUT2D eigenvalue weighted by molar-refractivity contribution is 5.96. The molecule has 1 N–H and O–H groups in total. The van der Waals surface area contributed by atoms with Crippen molar-refractivity contribution >= 4 is 23.6 Å². The van der Waals surface area contributed by atoms with Gasteiger partial charge in [-0.15, -0.1) is 0 Å². The molecule has 0 saturated carbocycles. The van der Waals surface area contributed by atoms with Crippen LogP contribution in [0, 0.1) is 0 Å². The van der Waals surface area contributed by atoms with Crippen molar-refractivity contribution < 1.29 is 32.2 Å². The van der Waals surface area contributed by atoms with Crippen LogP contribution in [0.25, 0.3) is 6.08 Å². The van der Waals surface area contributed by atoms with E-state index < -0.39 is 17.6 Å². The Morgan fingerprint density at radius 1 is 1.06 bits per heavy atom. The van der Waals surface area contributed by atoms with Crippen LogP contribution in [0.5, 0.6) is 11.5 Å². The van der Waals surface area contributed by atoms with E-state index in [0.717, 1.165) is 6.07 Å². The maximum Gasteiger partial charge on any atom is 0.418 e. The third-order valence-corrected chi connectivity index (χ3v) is 5.63. The van der Waals surface area contributed by atoms with Gasteiger partial charge in [-0.25, -0.2) is 0 Å². The molecular formula is C25H28F3N3O4. The van der Waals surface area contributed by atoms with E-state index >= 15 is 0 Å². The SMILES string of the molecule is C/C=C/c1cc(C(=O)N2CCN(CC(=O)Nc3ccccc3C(F)(F)F)CC2)cc(OC)c1OC. The zero-order valence-electron chi connectivity index (χ0n) is 19.8. The lowest BCUT2D eigenvalue weighted by atomic mass is 10.1. The third-order valence-electron chi connectivity index (χ3n) is 5.63. The van der Waals surface area contributed by atoms with Crippen molar-refractivity contribution in [2.75, 3.05) is 52.3 Å². The lowest BCUT2D eigenvalue weighted by Gasteiger charge is -2.34. The number of nitrogens with one attached hydrogen (secondary N) is 1. The minimum atomic E-state index is -4.56. The Labute approximate surface area is 202 Å². The van der Waals surface area contributed by atoms with Crippen molar-refractivity contribution in [1.29, 1.82) is 0 Å². The van der Waals surface area contributed by atoms with Crippen LogP contribution in [-0.2, 0) is 11.0 Å². The molecule has 188 valence electrons. The molecule has 10 heteroatoms. The molecule has 1 aliphatic heterocycles. The summed E-state index contributed by atoms with van der Waals surface area (Å²) < 4.78 is 50.3. The Hall–Kier alpha value is -3.53. The van der Waals surface area contributed by atoms with E-state index in [4.69, 9.17) is 9.47 Å². The van der Waals surface area contributed by atoms with Gasteiger partial charge < -0.3 is 19.7 Å². The van der Waals surface area contributed by atoms with Crippen LogP contribution in [0.3, 0.4) is 0 Å². The first-order valence-corrected chi connectivity index (χ1v) is 11.0. The number of benzene rings is 2. The normalized spacial score (nSPS) is 14.7. The Kier molecular flexibility index (Phi) is 8.39. The van der Waals surface area contributed by atoms with E-state index in [1.807, 2.05) is 19.1 Å². The molecule has 2 aromatic rings. The fraction of sp³-hybridized carbons (Fsp3) is 0.360. The molecule has 35 heavy (non-hydrogen) atoms. The molecule has 0 aromatic heterocycles. The zero-order chi connectivity index (χ0) is 25.6. The van der Waals surface area contributed by atoms with Gasteiger partial charge >= 0.3 is 6.18 Å². The molecule has 0 spiro atoms. The topological polar surface area (TPSA) is 71.1 Å². The van der Waals surface area contributed by atoms with Crippen LogP contribution >= 0.6 is 0 Å². The van der Waals surface area contributed by atoms with E-state index in [-0.39, 0.29) is 18.1 Å². The van der Waals surface area contributed by atoms with E-state index in [9.17, 15) is 22.8 Å². The van der Waals surface area contributed by atoms with Crippen molar-refractivity contribution in [2.45, 2.75) is 13.1 Å². The van der Waals surface area contributed by atoms with Gasteiger partial charge in [-0.2, -0.15) is 13.2 Å². The summed E-state index contributed by atoms with van der Waals surface area (Å²) in [5.41, 5.74) is -0.00183. The van der Waals surface area contributed by atoms with E-state index in [1.165, 1.54) is 32.4 Å². The fourth-order valence-corrected chi connectivity index (χ4v) is 3.94. The Morgan fingerprint density at radius 3 is 2.34 bits per heavy atom. The Morgan fingerprint density at radius 2 is 1.74 bits per heavy atom. The molecule has 0 radical (unpaired) electrons. The molecule has 1 saturated heterocycles. The van der Waals surface area contributed by atoms with Crippen LogP contribution in [-0.4, -0.2) is 68.6 Å². The molecule has 1 fully saturated rings. The number of ether oxygens (including phenoxy) is 2. The quantitative estimate of drug-likeness (QED) is 0.630. The molecular weight excluding hydrogens is 463 g/mol. The molecule has 3 rings (SSSR count). The number of alkyl halides is 3. The molecule has 7 nitrogen and oxygen atoms in total. The number of nitrogens with zero attached hydrogens (tertiary/aromatic N) is 2. The molecule has 0 atom stereocenters. The predicted molar refractivity (Wildman–Crippen MR) is 127 cm³/mol. The van der Waals surface area contributed by atoms with Gasteiger partial charge in [0.15, 0.2) is 11.5 Å². The van der Waals surface area contributed by atoms with Crippen LogP contribution in [0.2, 0.25) is 0 Å². The number of para-hydroxylation sites is 1. The predicted octanol–water partition coefficient (Wildman–Crippen LogP) is 4.15. The number of carbonyl (C=O) groups is 2. The standard InChI is InChI=1S/C25H28F3N3O4/c1-4-7-17-14-18(15-21(34-2)23(17)35-3)24(33)31-12-10-30(11-13-31)16-22(32)29-20-9-6-5-8-19(20)25(26,27)28/h4-9,14-15H,10-13,16H2,1-3H3,(H,29,32)/b7-4+. The van der Waals surface area contributed by atoms with Crippen LogP contribution in [0.1, 0.15) is 28.4 Å². The molecule has 2 aromatic carbocycles. The van der Waals surface area contributed by atoms with Gasteiger partial charge in [0.1, 0.15) is 0 Å². The van der Waals surface area contributed by atoms with Crippen LogP contribution in [0.4, 0.5) is 18.9 Å². The average Bonchev–Trinajstić information content (AvgIpc) is 2.83. The number of halogens is 3. The summed E-state index contributed by atoms with van der Waals surface area (Å²) in [6, 6.07) is 8.23. The second-order valence-electron chi connectivity index (χ2n) is 7.96. The second-order valence-corrected chi connectivity index (χ2v) is 7.96. The minimum absolute atomic E-state index is 0.0734. The number of allylic oxidation sites excluding steroid dienone is 1. The first-order valence-electron chi connectivity index (χ1n) is 11.0. The highest BCUT2D eigenvalue weighted by Gasteiger charge is 2.33. The second kappa shape index (κ2) is 11.3. The van der Waals surface area contributed by atoms with Crippen molar-refractivity contribution in [3.05, 3.63) is 59.2 Å². The maximum atomic E-state index is 13.2. The molecule has 0 unspecified atom stereocenters. The van der Waals surface area contributed by atoms with Crippen molar-refractivity contribution in [3.63, 3.8) is 0 Å². The lowest BCUT2D eigenvalue weighted by Crippen LogP contribution is -2.50. The zero-order valence-corrected chi connectivity index (χ0v) is 19.8. The molecule has 1 aliphatic rings. The first kappa shape index (κ1) is 26.1. The van der Waals surface area contributed by atoms with E-state index in [1.54, 1.807) is 21.9 Å². The van der Waals surface area contributed by atoms with Gasteiger partial charge in [0.2, 0.25) is 5.91 Å². The van der Waals surface area contributed by atoms with Gasteiger partial charge in [-0.1, -0.05) is 24.3 Å². The first-order chi connectivity index (χ1) is 16.7. The molecule has 2 amide bonds. The van der Waals surface area contributed by atoms with Crippen LogP contribution < -0.4 is 14.8 Å². The largest absolute Gasteiger partial charge is 0.493 e. The number of anilines is 1. The van der Waals surface area contributed by atoms with Gasteiger partial charge in [0.05, 0.1) is 32.0 Å². The minimum Gasteiger partial charge on any atom is -0.493 e. The summed E-state index contributed by atoms with van der Waals surface area (Å²) in [5, 5.41) is 2.35. The van der Waals surface area contributed by atoms with Crippen molar-refractivity contribution in [3.8, 4) is 11.5 Å². The Bertz CT molecular complexity index is 1090. The summed E-state index contributed by atoms with van der Waals surface area (Å²) in [4.78, 5) is 29.0. The summed E-state index contributed by atoms with van der Waals surface area (Å²) in [6.45, 7) is 3.36. The summed E-state index contributed by atoms with van der Waals surface area (Å²) in [5.74, 6) is 0.253. The highest BCUT2D eigenvalue weighted by atomic mass is 19.4. The number of amides is 2. The number of rotatable bonds is 7. The average molecular weight is 492 g/mol. The fourth-order valence-electron chi connectivity index (χ4n) is 3.94. The van der Waals surface area contributed by atoms with Gasteiger partial charge in [-0.05, 0) is 31.2 Å². The number of piperazine rings is 1. The number of carbonyl (C=O) groups excluding carboxylic acids is 2. The monoisotopic (exact) mass is 491 g/mol. The summed E-state index contributed by atoms with van der Waals surface area (Å²) in [6.07, 6.45) is -0.902. The number of hydrogen-bond donors (Lipinski definition) is 1. The van der Waals surface area contributed by atoms with Crippen molar-refractivity contribution in [2.24, 2.45) is 0 Å². The van der Waals surface area contributed by atoms with Gasteiger partial charge in [0, 0.05) is 37.3 Å². The van der Waals surface area contributed by atoms with E-state index in [0.29, 0.717) is 48.8 Å². The van der Waals surface area contributed by atoms with Gasteiger partial charge in [-0.3, -0.25) is 14.5 Å². The summed E-state index contributed by atoms with van der Waals surface area (Å²) >= 11 is 0. The lowest BCUT2D eigenvalue weighted by molar-refractivity contribution is -0.137.